The Hall–Kier alpha value is -2.04. The zero-order valence-corrected chi connectivity index (χ0v) is 11.2. The fourth-order valence-corrected chi connectivity index (χ4v) is 2.86. The number of alkyl halides is 3. The molecule has 0 saturated heterocycles. The average molecular weight is 293 g/mol. The van der Waals surface area contributed by atoms with E-state index >= 15 is 0 Å². The first kappa shape index (κ1) is 13.9. The Bertz CT molecular complexity index is 621. The highest BCUT2D eigenvalue weighted by Crippen LogP contribution is 2.48. The molecule has 1 aromatic heterocycles. The van der Waals surface area contributed by atoms with Gasteiger partial charge >= 0.3 is 6.36 Å². The molecule has 0 amide bonds. The molecule has 1 aromatic carbocycles. The third-order valence-corrected chi connectivity index (χ3v) is 3.98. The highest BCUT2D eigenvalue weighted by atomic mass is 19.4. The highest BCUT2D eigenvalue weighted by Gasteiger charge is 2.42. The number of hydrogen-bond acceptors (Lipinski definition) is 2. The average Bonchev–Trinajstić information content (AvgIpc) is 2.37. The van der Waals surface area contributed by atoms with Crippen LogP contribution in [0.2, 0.25) is 0 Å². The zero-order valence-electron chi connectivity index (χ0n) is 11.2. The van der Waals surface area contributed by atoms with Gasteiger partial charge in [0.05, 0.1) is 5.69 Å². The lowest BCUT2D eigenvalue weighted by molar-refractivity contribution is -0.274. The van der Waals surface area contributed by atoms with Crippen molar-refractivity contribution in [2.75, 3.05) is 0 Å². The molecule has 110 valence electrons. The summed E-state index contributed by atoms with van der Waals surface area (Å²) in [6.07, 6.45) is -0.137. The van der Waals surface area contributed by atoms with Gasteiger partial charge in [-0.2, -0.15) is 0 Å². The number of pyridine rings is 1. The Kier molecular flexibility index (Phi) is 3.35. The highest BCUT2D eigenvalue weighted by molar-refractivity contribution is 5.42. The largest absolute Gasteiger partial charge is 0.573 e. The van der Waals surface area contributed by atoms with Gasteiger partial charge in [0.25, 0.3) is 0 Å². The van der Waals surface area contributed by atoms with Crippen LogP contribution in [0, 0.1) is 0 Å². The summed E-state index contributed by atoms with van der Waals surface area (Å²) < 4.78 is 41.1. The van der Waals surface area contributed by atoms with Gasteiger partial charge < -0.3 is 4.74 Å². The van der Waals surface area contributed by atoms with E-state index in [4.69, 9.17) is 0 Å². The van der Waals surface area contributed by atoms with Crippen LogP contribution in [-0.2, 0) is 5.41 Å². The van der Waals surface area contributed by atoms with Crippen molar-refractivity contribution >= 4 is 0 Å². The van der Waals surface area contributed by atoms with Gasteiger partial charge in [-0.05, 0) is 42.7 Å². The lowest BCUT2D eigenvalue weighted by Crippen LogP contribution is -2.36. The molecular weight excluding hydrogens is 279 g/mol. The minimum absolute atomic E-state index is 0.179. The summed E-state index contributed by atoms with van der Waals surface area (Å²) in [5, 5.41) is 0. The summed E-state index contributed by atoms with van der Waals surface area (Å²) in [6, 6.07) is 11.9. The lowest BCUT2D eigenvalue weighted by Gasteiger charge is -2.42. The van der Waals surface area contributed by atoms with Crippen LogP contribution in [0.4, 0.5) is 13.2 Å². The van der Waals surface area contributed by atoms with Crippen molar-refractivity contribution in [2.45, 2.75) is 31.0 Å². The normalized spacial score (nSPS) is 17.1. The maximum atomic E-state index is 12.4. The van der Waals surface area contributed by atoms with E-state index in [0.717, 1.165) is 30.5 Å². The van der Waals surface area contributed by atoms with E-state index in [9.17, 15) is 13.2 Å². The van der Waals surface area contributed by atoms with Crippen molar-refractivity contribution in [1.82, 2.24) is 4.98 Å². The Morgan fingerprint density at radius 3 is 2.43 bits per heavy atom. The van der Waals surface area contributed by atoms with E-state index < -0.39 is 6.36 Å². The van der Waals surface area contributed by atoms with E-state index in [-0.39, 0.29) is 11.2 Å². The third kappa shape index (κ3) is 2.73. The molecule has 1 heterocycles. The van der Waals surface area contributed by atoms with E-state index in [1.54, 1.807) is 12.3 Å². The number of ether oxygens (including phenoxy) is 1. The van der Waals surface area contributed by atoms with E-state index in [0.29, 0.717) is 0 Å². The number of hydrogen-bond donors (Lipinski definition) is 0. The van der Waals surface area contributed by atoms with Crippen LogP contribution in [0.3, 0.4) is 0 Å². The van der Waals surface area contributed by atoms with E-state index in [1.807, 2.05) is 24.3 Å². The molecule has 5 heteroatoms. The third-order valence-electron chi connectivity index (χ3n) is 3.98. The van der Waals surface area contributed by atoms with Gasteiger partial charge in [-0.15, -0.1) is 13.2 Å². The van der Waals surface area contributed by atoms with Crippen LogP contribution in [0.1, 0.15) is 30.5 Å². The minimum atomic E-state index is -4.67. The molecule has 0 aliphatic heterocycles. The summed E-state index contributed by atoms with van der Waals surface area (Å²) in [7, 11) is 0. The number of rotatable bonds is 3. The number of aromatic nitrogens is 1. The summed E-state index contributed by atoms with van der Waals surface area (Å²) in [6.45, 7) is 0. The first-order chi connectivity index (χ1) is 10.00. The maximum absolute atomic E-state index is 12.4. The Morgan fingerprint density at radius 1 is 1.05 bits per heavy atom. The van der Waals surface area contributed by atoms with Gasteiger partial charge in [0.15, 0.2) is 0 Å². The van der Waals surface area contributed by atoms with Crippen LogP contribution in [0.15, 0.2) is 48.7 Å². The summed E-state index contributed by atoms with van der Waals surface area (Å²) in [4.78, 5) is 4.39. The van der Waals surface area contributed by atoms with E-state index in [1.165, 1.54) is 12.1 Å². The molecule has 0 N–H and O–H groups in total. The number of benzene rings is 1. The van der Waals surface area contributed by atoms with Crippen molar-refractivity contribution in [3.63, 3.8) is 0 Å². The van der Waals surface area contributed by atoms with Crippen LogP contribution in [-0.4, -0.2) is 11.3 Å². The SMILES string of the molecule is FC(F)(F)Oc1cccc(C2(c3ccccn3)CCC2)c1. The van der Waals surface area contributed by atoms with Crippen molar-refractivity contribution in [2.24, 2.45) is 0 Å². The molecule has 0 atom stereocenters. The standard InChI is InChI=1S/C16H14F3NO/c17-16(18,19)21-13-6-3-5-12(11-13)15(8-4-9-15)14-7-1-2-10-20-14/h1-3,5-7,10-11H,4,8-9H2. The van der Waals surface area contributed by atoms with Crippen LogP contribution >= 0.6 is 0 Å². The van der Waals surface area contributed by atoms with Gasteiger partial charge in [0.1, 0.15) is 5.75 Å². The maximum Gasteiger partial charge on any atom is 0.573 e. The molecule has 0 spiro atoms. The van der Waals surface area contributed by atoms with Crippen molar-refractivity contribution in [1.29, 1.82) is 0 Å². The molecule has 1 fully saturated rings. The molecular formula is C16H14F3NO. The summed E-state index contributed by atoms with van der Waals surface area (Å²) >= 11 is 0. The summed E-state index contributed by atoms with van der Waals surface area (Å²) in [5.74, 6) is -0.179. The second-order valence-electron chi connectivity index (χ2n) is 5.23. The molecule has 0 bridgehead atoms. The Morgan fingerprint density at radius 2 is 1.86 bits per heavy atom. The minimum Gasteiger partial charge on any atom is -0.406 e. The van der Waals surface area contributed by atoms with E-state index in [2.05, 4.69) is 9.72 Å². The Balaban J connectivity index is 1.97. The fraction of sp³-hybridized carbons (Fsp3) is 0.312. The molecule has 2 aromatic rings. The summed E-state index contributed by atoms with van der Waals surface area (Å²) in [5.41, 5.74) is 1.45. The van der Waals surface area contributed by atoms with Gasteiger partial charge in [-0.25, -0.2) is 0 Å². The monoisotopic (exact) mass is 293 g/mol. The van der Waals surface area contributed by atoms with Crippen LogP contribution < -0.4 is 4.74 Å². The molecule has 2 nitrogen and oxygen atoms in total. The number of nitrogens with zero attached hydrogens (tertiary/aromatic N) is 1. The quantitative estimate of drug-likeness (QED) is 0.834. The molecule has 0 unspecified atom stereocenters. The van der Waals surface area contributed by atoms with Gasteiger partial charge in [0, 0.05) is 11.6 Å². The van der Waals surface area contributed by atoms with Crippen molar-refractivity contribution in [3.8, 4) is 5.75 Å². The topological polar surface area (TPSA) is 22.1 Å². The number of halogens is 3. The molecule has 1 aliphatic rings. The van der Waals surface area contributed by atoms with Gasteiger partial charge in [0.2, 0.25) is 0 Å². The molecule has 0 radical (unpaired) electrons. The second-order valence-corrected chi connectivity index (χ2v) is 5.23. The Labute approximate surface area is 120 Å². The lowest BCUT2D eigenvalue weighted by atomic mass is 9.62. The zero-order chi connectivity index (χ0) is 14.9. The smallest absolute Gasteiger partial charge is 0.406 e. The fourth-order valence-electron chi connectivity index (χ4n) is 2.86. The molecule has 21 heavy (non-hydrogen) atoms. The van der Waals surface area contributed by atoms with Crippen molar-refractivity contribution in [3.05, 3.63) is 59.9 Å². The van der Waals surface area contributed by atoms with Gasteiger partial charge in [-0.3, -0.25) is 4.98 Å². The van der Waals surface area contributed by atoms with Gasteiger partial charge in [-0.1, -0.05) is 24.6 Å². The molecule has 1 aliphatic carbocycles. The predicted octanol–water partition coefficient (Wildman–Crippen LogP) is 4.45. The van der Waals surface area contributed by atoms with Crippen molar-refractivity contribution < 1.29 is 17.9 Å². The first-order valence-electron chi connectivity index (χ1n) is 6.77. The van der Waals surface area contributed by atoms with Crippen LogP contribution in [0.5, 0.6) is 5.75 Å². The van der Waals surface area contributed by atoms with Crippen LogP contribution in [0.25, 0.3) is 0 Å². The molecule has 1 saturated carbocycles. The predicted molar refractivity (Wildman–Crippen MR) is 72.0 cm³/mol. The first-order valence-corrected chi connectivity index (χ1v) is 6.77. The second kappa shape index (κ2) is 5.06. The molecule has 3 rings (SSSR count).